The molecule has 3 fully saturated rings. The Morgan fingerprint density at radius 2 is 1.62 bits per heavy atom. The summed E-state index contributed by atoms with van der Waals surface area (Å²) in [7, 11) is -3.21. The first-order valence-electron chi connectivity index (χ1n) is 9.04. The zero-order chi connectivity index (χ0) is 16.9. The Labute approximate surface area is 143 Å². The van der Waals surface area contributed by atoms with E-state index in [1.165, 1.54) is 19.3 Å². The van der Waals surface area contributed by atoms with Gasteiger partial charge in [0.15, 0.2) is 9.84 Å². The first-order valence-corrected chi connectivity index (χ1v) is 10.6. The molecule has 0 aliphatic heterocycles. The summed E-state index contributed by atoms with van der Waals surface area (Å²) in [6.07, 6.45) is 8.12. The average Bonchev–Trinajstić information content (AvgIpc) is 3.49. The molecule has 130 valence electrons. The highest BCUT2D eigenvalue weighted by Crippen LogP contribution is 2.60. The third-order valence-electron chi connectivity index (χ3n) is 6.28. The standard InChI is InChI=1S/C19H24O4S/c20-18(21)19(12-17(19)13-4-2-1-3-5-13)14-6-8-15(9-7-14)24(22,23)16-10-11-16/h6-9,13,16-17H,1-5,10-12H2,(H,20,21)/t17-,19-/m0/s1. The van der Waals surface area contributed by atoms with Crippen LogP contribution in [0.1, 0.15) is 56.9 Å². The summed E-state index contributed by atoms with van der Waals surface area (Å²) in [5.41, 5.74) is -0.00974. The fourth-order valence-corrected chi connectivity index (χ4v) is 6.26. The summed E-state index contributed by atoms with van der Waals surface area (Å²) in [5, 5.41) is 9.64. The molecular weight excluding hydrogens is 324 g/mol. The fourth-order valence-electron chi connectivity index (χ4n) is 4.61. The molecule has 4 rings (SSSR count). The normalized spacial score (nSPS) is 30.9. The molecule has 0 amide bonds. The second kappa shape index (κ2) is 5.58. The summed E-state index contributed by atoms with van der Waals surface area (Å²) in [4.78, 5) is 12.4. The summed E-state index contributed by atoms with van der Waals surface area (Å²) in [6, 6.07) is 6.71. The summed E-state index contributed by atoms with van der Waals surface area (Å²) >= 11 is 0. The molecule has 4 nitrogen and oxygen atoms in total. The van der Waals surface area contributed by atoms with E-state index in [0.29, 0.717) is 17.2 Å². The van der Waals surface area contributed by atoms with Crippen LogP contribution < -0.4 is 0 Å². The smallest absolute Gasteiger partial charge is 0.314 e. The van der Waals surface area contributed by atoms with E-state index in [-0.39, 0.29) is 11.2 Å². The summed E-state index contributed by atoms with van der Waals surface area (Å²) in [6.45, 7) is 0. The first-order chi connectivity index (χ1) is 11.5. The number of carboxylic acid groups (broad SMARTS) is 1. The quantitative estimate of drug-likeness (QED) is 0.883. The maximum Gasteiger partial charge on any atom is 0.314 e. The predicted molar refractivity (Wildman–Crippen MR) is 90.6 cm³/mol. The molecule has 0 unspecified atom stereocenters. The molecule has 3 aliphatic rings. The minimum absolute atomic E-state index is 0.209. The molecule has 3 aliphatic carbocycles. The van der Waals surface area contributed by atoms with Gasteiger partial charge in [-0.1, -0.05) is 44.2 Å². The zero-order valence-electron chi connectivity index (χ0n) is 13.8. The molecule has 1 aromatic carbocycles. The molecule has 5 heteroatoms. The minimum atomic E-state index is -3.21. The Morgan fingerprint density at radius 1 is 1.00 bits per heavy atom. The largest absolute Gasteiger partial charge is 0.481 e. The van der Waals surface area contributed by atoms with Gasteiger partial charge >= 0.3 is 5.97 Å². The van der Waals surface area contributed by atoms with Crippen molar-refractivity contribution in [2.45, 2.75) is 66.9 Å². The van der Waals surface area contributed by atoms with Crippen LogP contribution in [0, 0.1) is 11.8 Å². The average molecular weight is 348 g/mol. The highest BCUT2D eigenvalue weighted by atomic mass is 32.2. The molecule has 1 N–H and O–H groups in total. The Kier molecular flexibility index (Phi) is 3.75. The van der Waals surface area contributed by atoms with Crippen LogP contribution in [0.4, 0.5) is 0 Å². The van der Waals surface area contributed by atoms with E-state index in [0.717, 1.165) is 31.2 Å². The second-order valence-electron chi connectivity index (χ2n) is 7.75. The van der Waals surface area contributed by atoms with Crippen LogP contribution in [0.2, 0.25) is 0 Å². The number of rotatable bonds is 5. The lowest BCUT2D eigenvalue weighted by atomic mass is 9.80. The lowest BCUT2D eigenvalue weighted by Crippen LogP contribution is -2.26. The summed E-state index contributed by atoms with van der Waals surface area (Å²) < 4.78 is 24.6. The van der Waals surface area contributed by atoms with Gasteiger partial charge < -0.3 is 5.11 Å². The van der Waals surface area contributed by atoms with E-state index in [9.17, 15) is 18.3 Å². The second-order valence-corrected chi connectivity index (χ2v) is 9.98. The molecule has 0 heterocycles. The van der Waals surface area contributed by atoms with Crippen LogP contribution in [0.5, 0.6) is 0 Å². The van der Waals surface area contributed by atoms with Crippen molar-refractivity contribution in [3.8, 4) is 0 Å². The van der Waals surface area contributed by atoms with Crippen molar-refractivity contribution < 1.29 is 18.3 Å². The van der Waals surface area contributed by atoms with Gasteiger partial charge in [0.1, 0.15) is 0 Å². The third-order valence-corrected chi connectivity index (χ3v) is 8.55. The van der Waals surface area contributed by atoms with Crippen molar-refractivity contribution in [2.24, 2.45) is 11.8 Å². The molecule has 24 heavy (non-hydrogen) atoms. The number of hydrogen-bond donors (Lipinski definition) is 1. The van der Waals surface area contributed by atoms with E-state index < -0.39 is 21.2 Å². The first kappa shape index (κ1) is 16.1. The van der Waals surface area contributed by atoms with Crippen molar-refractivity contribution in [3.63, 3.8) is 0 Å². The number of sulfone groups is 1. The number of carbonyl (C=O) groups is 1. The van der Waals surface area contributed by atoms with Crippen molar-refractivity contribution in [1.29, 1.82) is 0 Å². The Bertz CT molecular complexity index is 742. The van der Waals surface area contributed by atoms with Crippen molar-refractivity contribution >= 4 is 15.8 Å². The molecule has 3 saturated carbocycles. The molecule has 1 aromatic rings. The SMILES string of the molecule is O=C(O)[C@]1(c2ccc(S(=O)(=O)C3CC3)cc2)C[C@H]1C1CCCCC1. The van der Waals surface area contributed by atoms with Crippen molar-refractivity contribution in [3.05, 3.63) is 29.8 Å². The topological polar surface area (TPSA) is 71.4 Å². The maximum absolute atomic E-state index is 12.3. The van der Waals surface area contributed by atoms with Gasteiger partial charge in [-0.2, -0.15) is 0 Å². The van der Waals surface area contributed by atoms with Gasteiger partial charge in [0.05, 0.1) is 15.6 Å². The Balaban J connectivity index is 1.60. The number of benzene rings is 1. The molecule has 0 aromatic heterocycles. The van der Waals surface area contributed by atoms with Crippen LogP contribution in [0.3, 0.4) is 0 Å². The van der Waals surface area contributed by atoms with E-state index in [2.05, 4.69) is 0 Å². The van der Waals surface area contributed by atoms with Crippen LogP contribution >= 0.6 is 0 Å². The molecule has 0 bridgehead atoms. The lowest BCUT2D eigenvalue weighted by Gasteiger charge is -2.24. The Hall–Kier alpha value is -1.36. The molecule has 0 radical (unpaired) electrons. The van der Waals surface area contributed by atoms with Crippen LogP contribution in [-0.2, 0) is 20.0 Å². The fraction of sp³-hybridized carbons (Fsp3) is 0.632. The maximum atomic E-state index is 12.3. The molecule has 0 spiro atoms. The van der Waals surface area contributed by atoms with Crippen molar-refractivity contribution in [2.75, 3.05) is 0 Å². The van der Waals surface area contributed by atoms with Crippen molar-refractivity contribution in [1.82, 2.24) is 0 Å². The van der Waals surface area contributed by atoms with Gasteiger partial charge in [-0.05, 0) is 48.8 Å². The molecule has 0 saturated heterocycles. The number of carboxylic acids is 1. The number of aliphatic carboxylic acids is 1. The lowest BCUT2D eigenvalue weighted by molar-refractivity contribution is -0.140. The monoisotopic (exact) mass is 348 g/mol. The predicted octanol–water partition coefficient (Wildman–Crippen LogP) is 3.55. The van der Waals surface area contributed by atoms with Gasteiger partial charge in [0.25, 0.3) is 0 Å². The minimum Gasteiger partial charge on any atom is -0.481 e. The van der Waals surface area contributed by atoms with Gasteiger partial charge in [-0.15, -0.1) is 0 Å². The third kappa shape index (κ3) is 2.48. The van der Waals surface area contributed by atoms with Crippen LogP contribution in [-0.4, -0.2) is 24.7 Å². The van der Waals surface area contributed by atoms with Crippen LogP contribution in [0.15, 0.2) is 29.2 Å². The van der Waals surface area contributed by atoms with Gasteiger partial charge in [0.2, 0.25) is 0 Å². The highest BCUT2D eigenvalue weighted by Gasteiger charge is 2.63. The van der Waals surface area contributed by atoms with Gasteiger partial charge in [-0.25, -0.2) is 8.42 Å². The number of hydrogen-bond acceptors (Lipinski definition) is 3. The van der Waals surface area contributed by atoms with E-state index >= 15 is 0 Å². The zero-order valence-corrected chi connectivity index (χ0v) is 14.6. The van der Waals surface area contributed by atoms with E-state index in [1.54, 1.807) is 24.3 Å². The highest BCUT2D eigenvalue weighted by molar-refractivity contribution is 7.92. The molecular formula is C19H24O4S. The van der Waals surface area contributed by atoms with Crippen LogP contribution in [0.25, 0.3) is 0 Å². The Morgan fingerprint density at radius 3 is 2.17 bits per heavy atom. The van der Waals surface area contributed by atoms with E-state index in [1.807, 2.05) is 0 Å². The summed E-state index contributed by atoms with van der Waals surface area (Å²) in [5.74, 6) is -0.0400. The van der Waals surface area contributed by atoms with Gasteiger partial charge in [0, 0.05) is 0 Å². The van der Waals surface area contributed by atoms with E-state index in [4.69, 9.17) is 0 Å². The molecule has 2 atom stereocenters. The van der Waals surface area contributed by atoms with Gasteiger partial charge in [-0.3, -0.25) is 4.79 Å².